The predicted molar refractivity (Wildman–Crippen MR) is 64.3 cm³/mol. The quantitative estimate of drug-likeness (QED) is 0.731. The van der Waals surface area contributed by atoms with Crippen molar-refractivity contribution in [2.75, 3.05) is 20.3 Å². The summed E-state index contributed by atoms with van der Waals surface area (Å²) in [4.78, 5) is 0. The molecule has 3 nitrogen and oxygen atoms in total. The Morgan fingerprint density at radius 3 is 2.56 bits per heavy atom. The molecule has 0 aliphatic heterocycles. The molecule has 0 amide bonds. The van der Waals surface area contributed by atoms with Gasteiger partial charge in [0.15, 0.2) is 0 Å². The summed E-state index contributed by atoms with van der Waals surface area (Å²) in [6.45, 7) is 1.62. The molecular formula is C13H25NO2. The minimum Gasteiger partial charge on any atom is -0.385 e. The molecule has 2 aliphatic rings. The highest BCUT2D eigenvalue weighted by Gasteiger charge is 2.53. The zero-order chi connectivity index (χ0) is 11.4. The predicted octanol–water partition coefficient (Wildman–Crippen LogP) is 2.09. The summed E-state index contributed by atoms with van der Waals surface area (Å²) < 4.78 is 11.0. The van der Waals surface area contributed by atoms with Crippen molar-refractivity contribution in [3.8, 4) is 0 Å². The van der Waals surface area contributed by atoms with E-state index in [0.29, 0.717) is 17.6 Å². The smallest absolute Gasteiger partial charge is 0.0661 e. The van der Waals surface area contributed by atoms with Crippen LogP contribution >= 0.6 is 0 Å². The lowest BCUT2D eigenvalue weighted by molar-refractivity contribution is -0.144. The third-order valence-electron chi connectivity index (χ3n) is 4.44. The molecule has 94 valence electrons. The topological polar surface area (TPSA) is 44.5 Å². The first-order valence-corrected chi connectivity index (χ1v) is 6.66. The number of hydrogen-bond acceptors (Lipinski definition) is 3. The summed E-state index contributed by atoms with van der Waals surface area (Å²) >= 11 is 0. The Labute approximate surface area is 98.7 Å². The first kappa shape index (κ1) is 12.3. The van der Waals surface area contributed by atoms with Crippen LogP contribution in [0.25, 0.3) is 0 Å². The molecule has 0 aromatic rings. The zero-order valence-electron chi connectivity index (χ0n) is 10.4. The number of methoxy groups -OCH3 is 1. The van der Waals surface area contributed by atoms with Crippen LogP contribution in [0, 0.1) is 5.41 Å². The van der Waals surface area contributed by atoms with Gasteiger partial charge in [-0.05, 0) is 25.7 Å². The van der Waals surface area contributed by atoms with Crippen LogP contribution in [0.3, 0.4) is 0 Å². The van der Waals surface area contributed by atoms with Gasteiger partial charge in [0.05, 0.1) is 6.10 Å². The van der Waals surface area contributed by atoms with Gasteiger partial charge >= 0.3 is 0 Å². The van der Waals surface area contributed by atoms with E-state index >= 15 is 0 Å². The molecule has 2 saturated carbocycles. The van der Waals surface area contributed by atoms with Crippen molar-refractivity contribution in [3.63, 3.8) is 0 Å². The van der Waals surface area contributed by atoms with Crippen molar-refractivity contribution in [1.29, 1.82) is 0 Å². The molecule has 2 rings (SSSR count). The molecule has 0 heterocycles. The lowest BCUT2D eigenvalue weighted by atomic mass is 9.55. The summed E-state index contributed by atoms with van der Waals surface area (Å²) in [7, 11) is 1.74. The van der Waals surface area contributed by atoms with Crippen LogP contribution in [0.15, 0.2) is 0 Å². The van der Waals surface area contributed by atoms with E-state index in [4.69, 9.17) is 15.2 Å². The molecule has 3 heteroatoms. The summed E-state index contributed by atoms with van der Waals surface area (Å²) in [5.41, 5.74) is 6.54. The molecule has 1 spiro atoms. The van der Waals surface area contributed by atoms with Gasteiger partial charge in [0.1, 0.15) is 0 Å². The van der Waals surface area contributed by atoms with Crippen LogP contribution in [-0.4, -0.2) is 32.5 Å². The van der Waals surface area contributed by atoms with Crippen molar-refractivity contribution in [2.24, 2.45) is 11.1 Å². The maximum Gasteiger partial charge on any atom is 0.0661 e. The van der Waals surface area contributed by atoms with Gasteiger partial charge in [0, 0.05) is 31.8 Å². The van der Waals surface area contributed by atoms with Crippen LogP contribution in [0.4, 0.5) is 0 Å². The number of nitrogens with two attached hydrogens (primary N) is 1. The highest BCUT2D eigenvalue weighted by atomic mass is 16.5. The number of ether oxygens (including phenoxy) is 2. The Morgan fingerprint density at radius 1 is 1.19 bits per heavy atom. The Balaban J connectivity index is 1.77. The highest BCUT2D eigenvalue weighted by molar-refractivity contribution is 5.07. The molecule has 2 aliphatic carbocycles. The minimum atomic E-state index is 0.339. The van der Waals surface area contributed by atoms with Crippen LogP contribution in [0.5, 0.6) is 0 Å². The van der Waals surface area contributed by atoms with Crippen molar-refractivity contribution >= 4 is 0 Å². The van der Waals surface area contributed by atoms with Crippen molar-refractivity contribution in [2.45, 2.75) is 57.1 Å². The van der Waals surface area contributed by atoms with E-state index in [-0.39, 0.29) is 0 Å². The molecule has 2 fully saturated rings. The fourth-order valence-electron chi connectivity index (χ4n) is 3.34. The summed E-state index contributed by atoms with van der Waals surface area (Å²) in [5.74, 6) is 0. The monoisotopic (exact) mass is 227 g/mol. The Morgan fingerprint density at radius 2 is 1.94 bits per heavy atom. The lowest BCUT2D eigenvalue weighted by Gasteiger charge is -2.56. The molecule has 0 radical (unpaired) electrons. The Bertz CT molecular complexity index is 214. The zero-order valence-corrected chi connectivity index (χ0v) is 10.4. The van der Waals surface area contributed by atoms with Gasteiger partial charge in [0.25, 0.3) is 0 Å². The molecular weight excluding hydrogens is 202 g/mol. The second kappa shape index (κ2) is 5.48. The van der Waals surface area contributed by atoms with E-state index in [0.717, 1.165) is 26.1 Å². The summed E-state index contributed by atoms with van der Waals surface area (Å²) in [6.07, 6.45) is 9.11. The lowest BCUT2D eigenvalue weighted by Crippen LogP contribution is -2.63. The van der Waals surface area contributed by atoms with E-state index in [1.807, 2.05) is 0 Å². The SMILES string of the molecule is COCCCOC1CC(N)C12CCCCC2. The molecule has 2 atom stereocenters. The fourth-order valence-corrected chi connectivity index (χ4v) is 3.34. The van der Waals surface area contributed by atoms with Crippen molar-refractivity contribution in [1.82, 2.24) is 0 Å². The number of rotatable bonds is 5. The molecule has 0 bridgehead atoms. The molecule has 2 N–H and O–H groups in total. The maximum atomic E-state index is 6.20. The van der Waals surface area contributed by atoms with Crippen LogP contribution < -0.4 is 5.73 Å². The highest BCUT2D eigenvalue weighted by Crippen LogP contribution is 2.52. The number of hydrogen-bond donors (Lipinski definition) is 1. The van der Waals surface area contributed by atoms with Crippen molar-refractivity contribution in [3.05, 3.63) is 0 Å². The van der Waals surface area contributed by atoms with Crippen LogP contribution in [-0.2, 0) is 9.47 Å². The third kappa shape index (κ3) is 2.27. The van der Waals surface area contributed by atoms with Gasteiger partial charge in [-0.2, -0.15) is 0 Å². The van der Waals surface area contributed by atoms with E-state index in [2.05, 4.69) is 0 Å². The van der Waals surface area contributed by atoms with Gasteiger partial charge in [-0.15, -0.1) is 0 Å². The summed E-state index contributed by atoms with van der Waals surface area (Å²) in [6, 6.07) is 0.389. The van der Waals surface area contributed by atoms with E-state index in [9.17, 15) is 0 Å². The molecule has 0 aromatic heterocycles. The van der Waals surface area contributed by atoms with E-state index in [1.54, 1.807) is 7.11 Å². The van der Waals surface area contributed by atoms with Crippen LogP contribution in [0.1, 0.15) is 44.9 Å². The molecule has 16 heavy (non-hydrogen) atoms. The average molecular weight is 227 g/mol. The Hall–Kier alpha value is -0.120. The van der Waals surface area contributed by atoms with E-state index in [1.165, 1.54) is 32.1 Å². The second-order valence-electron chi connectivity index (χ2n) is 5.34. The van der Waals surface area contributed by atoms with Gasteiger partial charge < -0.3 is 15.2 Å². The fraction of sp³-hybridized carbons (Fsp3) is 1.00. The third-order valence-corrected chi connectivity index (χ3v) is 4.44. The molecule has 2 unspecified atom stereocenters. The van der Waals surface area contributed by atoms with Crippen molar-refractivity contribution < 1.29 is 9.47 Å². The van der Waals surface area contributed by atoms with Crippen LogP contribution in [0.2, 0.25) is 0 Å². The van der Waals surface area contributed by atoms with Gasteiger partial charge in [0.2, 0.25) is 0 Å². The van der Waals surface area contributed by atoms with Gasteiger partial charge in [-0.25, -0.2) is 0 Å². The largest absolute Gasteiger partial charge is 0.385 e. The Kier molecular flexibility index (Phi) is 4.22. The van der Waals surface area contributed by atoms with Gasteiger partial charge in [-0.1, -0.05) is 19.3 Å². The summed E-state index contributed by atoms with van der Waals surface area (Å²) in [5, 5.41) is 0. The minimum absolute atomic E-state index is 0.339. The standard InChI is InChI=1S/C13H25NO2/c1-15-8-5-9-16-12-10-11(14)13(12)6-3-2-4-7-13/h11-12H,2-10,14H2,1H3. The maximum absolute atomic E-state index is 6.20. The van der Waals surface area contributed by atoms with Gasteiger partial charge in [-0.3, -0.25) is 0 Å². The first-order chi connectivity index (χ1) is 7.79. The molecule has 0 saturated heterocycles. The normalized spacial score (nSPS) is 32.6. The first-order valence-electron chi connectivity index (χ1n) is 6.66. The molecule has 0 aromatic carbocycles. The second-order valence-corrected chi connectivity index (χ2v) is 5.34. The van der Waals surface area contributed by atoms with E-state index < -0.39 is 0 Å². The average Bonchev–Trinajstić information content (AvgIpc) is 2.34.